The van der Waals surface area contributed by atoms with E-state index in [1.54, 1.807) is 0 Å². The quantitative estimate of drug-likeness (QED) is 0.569. The number of ether oxygens (including phenoxy) is 1. The lowest BCUT2D eigenvalue weighted by atomic mass is 10.3. The summed E-state index contributed by atoms with van der Waals surface area (Å²) in [5.74, 6) is 0. The van der Waals surface area contributed by atoms with E-state index in [1.807, 2.05) is 6.92 Å². The predicted molar refractivity (Wildman–Crippen MR) is 37.4 cm³/mol. The van der Waals surface area contributed by atoms with Gasteiger partial charge in [0.1, 0.15) is 0 Å². The van der Waals surface area contributed by atoms with Crippen molar-refractivity contribution in [2.75, 3.05) is 13.2 Å². The zero-order chi connectivity index (χ0) is 7.11. The molecule has 2 heteroatoms. The van der Waals surface area contributed by atoms with Gasteiger partial charge in [-0.2, -0.15) is 0 Å². The van der Waals surface area contributed by atoms with E-state index >= 15 is 0 Å². The molecule has 0 unspecified atom stereocenters. The summed E-state index contributed by atoms with van der Waals surface area (Å²) in [4.78, 5) is 0. The molecule has 2 nitrogen and oxygen atoms in total. The SMILES string of the molecule is CC[C@H](C)OCCCO. The highest BCUT2D eigenvalue weighted by molar-refractivity contribution is 4.43. The van der Waals surface area contributed by atoms with Gasteiger partial charge in [0.25, 0.3) is 0 Å². The van der Waals surface area contributed by atoms with Gasteiger partial charge in [-0.05, 0) is 19.8 Å². The van der Waals surface area contributed by atoms with E-state index in [9.17, 15) is 0 Å². The molecule has 1 atom stereocenters. The summed E-state index contributed by atoms with van der Waals surface area (Å²) in [6.07, 6.45) is 2.15. The number of aliphatic hydroxyl groups is 1. The molecule has 0 aliphatic heterocycles. The average molecular weight is 132 g/mol. The minimum absolute atomic E-state index is 0.233. The average Bonchev–Trinajstić information content (AvgIpc) is 1.89. The maximum Gasteiger partial charge on any atom is 0.0544 e. The Bertz CT molecular complexity index is 54.9. The lowest BCUT2D eigenvalue weighted by Gasteiger charge is -2.08. The first kappa shape index (κ1) is 8.92. The van der Waals surface area contributed by atoms with Crippen molar-refractivity contribution in [2.45, 2.75) is 32.8 Å². The fourth-order valence-electron chi connectivity index (χ4n) is 0.467. The molecular weight excluding hydrogens is 116 g/mol. The summed E-state index contributed by atoms with van der Waals surface area (Å²) in [5.41, 5.74) is 0. The van der Waals surface area contributed by atoms with Crippen molar-refractivity contribution in [3.8, 4) is 0 Å². The van der Waals surface area contributed by atoms with E-state index in [4.69, 9.17) is 9.84 Å². The minimum Gasteiger partial charge on any atom is -0.396 e. The molecule has 0 fully saturated rings. The molecule has 1 N–H and O–H groups in total. The molecule has 0 aromatic heterocycles. The highest BCUT2D eigenvalue weighted by Crippen LogP contribution is 1.95. The van der Waals surface area contributed by atoms with Gasteiger partial charge in [0.2, 0.25) is 0 Å². The molecule has 0 heterocycles. The van der Waals surface area contributed by atoms with Crippen molar-refractivity contribution < 1.29 is 9.84 Å². The molecule has 0 amide bonds. The van der Waals surface area contributed by atoms with Crippen LogP contribution in [0.2, 0.25) is 0 Å². The number of aliphatic hydroxyl groups excluding tert-OH is 1. The highest BCUT2D eigenvalue weighted by Gasteiger charge is 1.95. The fourth-order valence-corrected chi connectivity index (χ4v) is 0.467. The second-order valence-electron chi connectivity index (χ2n) is 2.17. The Balaban J connectivity index is 2.88. The Morgan fingerprint density at radius 3 is 2.67 bits per heavy atom. The largest absolute Gasteiger partial charge is 0.396 e. The third-order valence-corrected chi connectivity index (χ3v) is 1.28. The number of rotatable bonds is 5. The monoisotopic (exact) mass is 132 g/mol. The van der Waals surface area contributed by atoms with Gasteiger partial charge in [0.15, 0.2) is 0 Å². The Kier molecular flexibility index (Phi) is 5.99. The molecule has 0 bridgehead atoms. The second-order valence-corrected chi connectivity index (χ2v) is 2.17. The van der Waals surface area contributed by atoms with E-state index < -0.39 is 0 Å². The van der Waals surface area contributed by atoms with Gasteiger partial charge in [-0.1, -0.05) is 6.92 Å². The molecule has 0 aromatic carbocycles. The lowest BCUT2D eigenvalue weighted by Crippen LogP contribution is -2.08. The van der Waals surface area contributed by atoms with Crippen LogP contribution in [0.4, 0.5) is 0 Å². The van der Waals surface area contributed by atoms with Crippen LogP contribution in [0.1, 0.15) is 26.7 Å². The molecule has 0 saturated heterocycles. The van der Waals surface area contributed by atoms with Crippen molar-refractivity contribution in [3.63, 3.8) is 0 Å². The summed E-state index contributed by atoms with van der Waals surface area (Å²) in [6, 6.07) is 0. The van der Waals surface area contributed by atoms with Gasteiger partial charge < -0.3 is 9.84 Å². The zero-order valence-electron chi connectivity index (χ0n) is 6.26. The molecule has 56 valence electrons. The smallest absolute Gasteiger partial charge is 0.0544 e. The fraction of sp³-hybridized carbons (Fsp3) is 1.00. The van der Waals surface area contributed by atoms with E-state index in [1.165, 1.54) is 0 Å². The van der Waals surface area contributed by atoms with Crippen LogP contribution in [-0.4, -0.2) is 24.4 Å². The molecular formula is C7H16O2. The minimum atomic E-state index is 0.233. The molecule has 0 rings (SSSR count). The van der Waals surface area contributed by atoms with Gasteiger partial charge in [0.05, 0.1) is 6.10 Å². The first-order valence-corrected chi connectivity index (χ1v) is 3.53. The molecule has 0 saturated carbocycles. The van der Waals surface area contributed by atoms with Crippen molar-refractivity contribution in [1.82, 2.24) is 0 Å². The van der Waals surface area contributed by atoms with Crippen LogP contribution >= 0.6 is 0 Å². The van der Waals surface area contributed by atoms with Crippen LogP contribution in [0, 0.1) is 0 Å². The highest BCUT2D eigenvalue weighted by atomic mass is 16.5. The first-order valence-electron chi connectivity index (χ1n) is 3.53. The number of hydrogen-bond acceptors (Lipinski definition) is 2. The molecule has 0 radical (unpaired) electrons. The molecule has 9 heavy (non-hydrogen) atoms. The molecule has 0 spiro atoms. The van der Waals surface area contributed by atoms with Gasteiger partial charge in [-0.15, -0.1) is 0 Å². The molecule has 0 aromatic rings. The zero-order valence-corrected chi connectivity index (χ0v) is 6.26. The maximum atomic E-state index is 8.37. The van der Waals surface area contributed by atoms with Crippen molar-refractivity contribution in [1.29, 1.82) is 0 Å². The van der Waals surface area contributed by atoms with Gasteiger partial charge >= 0.3 is 0 Å². The Labute approximate surface area is 56.8 Å². The molecule has 0 aliphatic rings. The van der Waals surface area contributed by atoms with Gasteiger partial charge in [-0.3, -0.25) is 0 Å². The van der Waals surface area contributed by atoms with Crippen molar-refractivity contribution in [2.24, 2.45) is 0 Å². The third kappa shape index (κ3) is 5.80. The van der Waals surface area contributed by atoms with E-state index in [0.29, 0.717) is 12.7 Å². The maximum absolute atomic E-state index is 8.37. The van der Waals surface area contributed by atoms with Crippen LogP contribution in [0.15, 0.2) is 0 Å². The summed E-state index contributed by atoms with van der Waals surface area (Å²) in [6.45, 7) is 5.04. The van der Waals surface area contributed by atoms with Crippen LogP contribution in [-0.2, 0) is 4.74 Å². The summed E-state index contributed by atoms with van der Waals surface area (Å²) >= 11 is 0. The second kappa shape index (κ2) is 6.05. The Morgan fingerprint density at radius 1 is 1.56 bits per heavy atom. The molecule has 0 aliphatic carbocycles. The summed E-state index contributed by atoms with van der Waals surface area (Å²) < 4.78 is 5.27. The van der Waals surface area contributed by atoms with Crippen LogP contribution in [0.5, 0.6) is 0 Å². The van der Waals surface area contributed by atoms with E-state index in [-0.39, 0.29) is 6.61 Å². The summed E-state index contributed by atoms with van der Waals surface area (Å²) in [7, 11) is 0. The topological polar surface area (TPSA) is 29.5 Å². The van der Waals surface area contributed by atoms with Gasteiger partial charge in [0, 0.05) is 13.2 Å². The number of hydrogen-bond donors (Lipinski definition) is 1. The van der Waals surface area contributed by atoms with Crippen LogP contribution in [0.3, 0.4) is 0 Å². The van der Waals surface area contributed by atoms with Crippen molar-refractivity contribution >= 4 is 0 Å². The van der Waals surface area contributed by atoms with Gasteiger partial charge in [-0.25, -0.2) is 0 Å². The predicted octanol–water partition coefficient (Wildman–Crippen LogP) is 1.18. The third-order valence-electron chi connectivity index (χ3n) is 1.28. The van der Waals surface area contributed by atoms with Crippen LogP contribution in [0.25, 0.3) is 0 Å². The normalized spacial score (nSPS) is 13.7. The first-order chi connectivity index (χ1) is 4.31. The van der Waals surface area contributed by atoms with Crippen molar-refractivity contribution in [3.05, 3.63) is 0 Å². The Morgan fingerprint density at radius 2 is 2.22 bits per heavy atom. The van der Waals surface area contributed by atoms with Crippen LogP contribution < -0.4 is 0 Å². The Hall–Kier alpha value is -0.0800. The standard InChI is InChI=1S/C7H16O2/c1-3-7(2)9-6-4-5-8/h7-8H,3-6H2,1-2H3/t7-/m0/s1. The summed E-state index contributed by atoms with van der Waals surface area (Å²) in [5, 5.41) is 8.37. The lowest BCUT2D eigenvalue weighted by molar-refractivity contribution is 0.0537. The van der Waals surface area contributed by atoms with E-state index in [0.717, 1.165) is 12.8 Å². The van der Waals surface area contributed by atoms with E-state index in [2.05, 4.69) is 6.92 Å².